The molecule has 28 heavy (non-hydrogen) atoms. The molecule has 0 amide bonds. The molecule has 0 saturated carbocycles. The van der Waals surface area contributed by atoms with Crippen LogP contribution in [0.4, 0.5) is 5.82 Å². The van der Waals surface area contributed by atoms with E-state index in [1.54, 1.807) is 0 Å². The topological polar surface area (TPSA) is 47.0 Å². The van der Waals surface area contributed by atoms with Crippen LogP contribution in [-0.2, 0) is 11.3 Å². The average molecular weight is 396 g/mol. The summed E-state index contributed by atoms with van der Waals surface area (Å²) in [5.74, 6) is 1.77. The molecule has 3 aromatic rings. The maximum absolute atomic E-state index is 6.34. The Morgan fingerprint density at radius 1 is 1.04 bits per heavy atom. The molecule has 2 aromatic carbocycles. The lowest BCUT2D eigenvalue weighted by Crippen LogP contribution is -2.14. The normalized spacial score (nSPS) is 24.6. The highest BCUT2D eigenvalue weighted by Crippen LogP contribution is 2.43. The third-order valence-electron chi connectivity index (χ3n) is 5.94. The van der Waals surface area contributed by atoms with Gasteiger partial charge in [0, 0.05) is 11.9 Å². The van der Waals surface area contributed by atoms with Crippen LogP contribution in [0, 0.1) is 11.8 Å². The second kappa shape index (κ2) is 8.06. The first-order valence-corrected chi connectivity index (χ1v) is 10.3. The van der Waals surface area contributed by atoms with Crippen LogP contribution in [0.3, 0.4) is 0 Å². The van der Waals surface area contributed by atoms with Crippen LogP contribution >= 0.6 is 11.6 Å². The van der Waals surface area contributed by atoms with Gasteiger partial charge < -0.3 is 10.1 Å². The van der Waals surface area contributed by atoms with Crippen molar-refractivity contribution in [1.29, 1.82) is 0 Å². The van der Waals surface area contributed by atoms with Gasteiger partial charge in [0.05, 0.1) is 17.7 Å². The SMILES string of the molecule is CC[C@H]1O[C@@H](c2ccc3c(NCc4ccccc4)nc(Cl)nc3c2)[C@H](C)[C@@H]1C. The fraction of sp³-hybridized carbons (Fsp3) is 0.391. The highest BCUT2D eigenvalue weighted by atomic mass is 35.5. The van der Waals surface area contributed by atoms with Gasteiger partial charge in [0.1, 0.15) is 5.82 Å². The van der Waals surface area contributed by atoms with E-state index in [4.69, 9.17) is 16.3 Å². The molecule has 1 saturated heterocycles. The summed E-state index contributed by atoms with van der Waals surface area (Å²) >= 11 is 6.22. The molecule has 0 radical (unpaired) electrons. The maximum atomic E-state index is 6.34. The first-order valence-electron chi connectivity index (χ1n) is 9.97. The Labute approximate surface area is 171 Å². The summed E-state index contributed by atoms with van der Waals surface area (Å²) in [6, 6.07) is 16.6. The molecule has 5 heteroatoms. The summed E-state index contributed by atoms with van der Waals surface area (Å²) in [6.45, 7) is 7.43. The fourth-order valence-electron chi connectivity index (χ4n) is 4.11. The standard InChI is InChI=1S/C23H26ClN3O/c1-4-20-14(2)15(3)21(28-20)17-10-11-18-19(12-17)26-23(24)27-22(18)25-13-16-8-6-5-7-9-16/h5-12,14-15,20-21H,4,13H2,1-3H3,(H,25,26,27)/t14-,15+,20+,21+/m0/s1. The van der Waals surface area contributed by atoms with E-state index in [-0.39, 0.29) is 11.4 Å². The number of fused-ring (bicyclic) bond motifs is 1. The van der Waals surface area contributed by atoms with Crippen LogP contribution in [0.2, 0.25) is 5.28 Å². The van der Waals surface area contributed by atoms with Gasteiger partial charge in [-0.3, -0.25) is 0 Å². The summed E-state index contributed by atoms with van der Waals surface area (Å²) < 4.78 is 6.34. The number of ether oxygens (including phenoxy) is 1. The highest BCUT2D eigenvalue weighted by molar-refractivity contribution is 6.28. The van der Waals surface area contributed by atoms with Crippen LogP contribution in [0.15, 0.2) is 48.5 Å². The van der Waals surface area contributed by atoms with E-state index in [1.165, 1.54) is 5.56 Å². The van der Waals surface area contributed by atoms with Crippen molar-refractivity contribution in [2.24, 2.45) is 11.8 Å². The van der Waals surface area contributed by atoms with E-state index in [1.807, 2.05) is 18.2 Å². The molecule has 0 unspecified atom stereocenters. The van der Waals surface area contributed by atoms with Crippen molar-refractivity contribution in [2.75, 3.05) is 5.32 Å². The molecule has 0 spiro atoms. The van der Waals surface area contributed by atoms with Crippen molar-refractivity contribution in [1.82, 2.24) is 9.97 Å². The largest absolute Gasteiger partial charge is 0.370 e. The summed E-state index contributed by atoms with van der Waals surface area (Å²) in [4.78, 5) is 8.87. The Bertz CT molecular complexity index is 963. The third kappa shape index (κ3) is 3.71. The predicted octanol–water partition coefficient (Wildman–Crippen LogP) is 6.02. The smallest absolute Gasteiger partial charge is 0.224 e. The van der Waals surface area contributed by atoms with Crippen molar-refractivity contribution < 1.29 is 4.74 Å². The predicted molar refractivity (Wildman–Crippen MR) is 115 cm³/mol. The molecular formula is C23H26ClN3O. The maximum Gasteiger partial charge on any atom is 0.224 e. The molecule has 4 atom stereocenters. The van der Waals surface area contributed by atoms with Gasteiger partial charge in [-0.15, -0.1) is 0 Å². The van der Waals surface area contributed by atoms with Gasteiger partial charge in [-0.2, -0.15) is 0 Å². The molecule has 1 N–H and O–H groups in total. The second-order valence-corrected chi connectivity index (χ2v) is 8.02. The number of benzene rings is 2. The molecule has 1 aromatic heterocycles. The van der Waals surface area contributed by atoms with E-state index >= 15 is 0 Å². The Morgan fingerprint density at radius 3 is 2.54 bits per heavy atom. The summed E-state index contributed by atoms with van der Waals surface area (Å²) in [6.07, 6.45) is 1.45. The fourth-order valence-corrected chi connectivity index (χ4v) is 4.29. The van der Waals surface area contributed by atoms with Gasteiger partial charge in [-0.25, -0.2) is 9.97 Å². The summed E-state index contributed by atoms with van der Waals surface area (Å²) in [7, 11) is 0. The van der Waals surface area contributed by atoms with Crippen LogP contribution in [0.5, 0.6) is 0 Å². The zero-order chi connectivity index (χ0) is 19.7. The van der Waals surface area contributed by atoms with Gasteiger partial charge >= 0.3 is 0 Å². The molecule has 146 valence electrons. The Balaban J connectivity index is 1.63. The zero-order valence-corrected chi connectivity index (χ0v) is 17.3. The minimum atomic E-state index is 0.0961. The van der Waals surface area contributed by atoms with Gasteiger partial charge in [-0.1, -0.05) is 57.2 Å². The monoisotopic (exact) mass is 395 g/mol. The van der Waals surface area contributed by atoms with Crippen LogP contribution in [-0.4, -0.2) is 16.1 Å². The molecule has 1 aliphatic heterocycles. The number of nitrogens with zero attached hydrogens (tertiary/aromatic N) is 2. The van der Waals surface area contributed by atoms with Crippen molar-refractivity contribution in [3.63, 3.8) is 0 Å². The Morgan fingerprint density at radius 2 is 1.82 bits per heavy atom. The third-order valence-corrected chi connectivity index (χ3v) is 6.11. The lowest BCUT2D eigenvalue weighted by Gasteiger charge is -2.17. The van der Waals surface area contributed by atoms with Crippen molar-refractivity contribution in [3.8, 4) is 0 Å². The Kier molecular flexibility index (Phi) is 5.51. The lowest BCUT2D eigenvalue weighted by atomic mass is 9.86. The number of nitrogens with one attached hydrogen (secondary N) is 1. The molecule has 1 fully saturated rings. The van der Waals surface area contributed by atoms with Gasteiger partial charge in [0.25, 0.3) is 0 Å². The molecule has 1 aliphatic rings. The Hall–Kier alpha value is -2.17. The van der Waals surface area contributed by atoms with Crippen LogP contribution < -0.4 is 5.32 Å². The number of rotatable bonds is 5. The number of hydrogen-bond donors (Lipinski definition) is 1. The highest BCUT2D eigenvalue weighted by Gasteiger charge is 2.38. The summed E-state index contributed by atoms with van der Waals surface area (Å²) in [5.41, 5.74) is 3.19. The second-order valence-electron chi connectivity index (χ2n) is 7.68. The molecule has 0 bridgehead atoms. The number of aromatic nitrogens is 2. The van der Waals surface area contributed by atoms with Gasteiger partial charge in [0.15, 0.2) is 0 Å². The van der Waals surface area contributed by atoms with E-state index < -0.39 is 0 Å². The number of halogens is 1. The quantitative estimate of drug-likeness (QED) is 0.537. The molecule has 4 nitrogen and oxygen atoms in total. The van der Waals surface area contributed by atoms with Gasteiger partial charge in [-0.05, 0) is 53.1 Å². The number of hydrogen-bond acceptors (Lipinski definition) is 4. The van der Waals surface area contributed by atoms with E-state index in [0.29, 0.717) is 24.5 Å². The molecule has 0 aliphatic carbocycles. The molecule has 4 rings (SSSR count). The zero-order valence-electron chi connectivity index (χ0n) is 16.5. The van der Waals surface area contributed by atoms with Gasteiger partial charge in [0.2, 0.25) is 5.28 Å². The van der Waals surface area contributed by atoms with Crippen LogP contribution in [0.25, 0.3) is 10.9 Å². The summed E-state index contributed by atoms with van der Waals surface area (Å²) in [5, 5.41) is 4.62. The first kappa shape index (κ1) is 19.2. The first-order chi connectivity index (χ1) is 13.6. The van der Waals surface area contributed by atoms with E-state index in [9.17, 15) is 0 Å². The number of anilines is 1. The van der Waals surface area contributed by atoms with E-state index in [2.05, 4.69) is 66.4 Å². The van der Waals surface area contributed by atoms with Crippen molar-refractivity contribution >= 4 is 28.3 Å². The molecular weight excluding hydrogens is 370 g/mol. The minimum absolute atomic E-state index is 0.0961. The van der Waals surface area contributed by atoms with Crippen molar-refractivity contribution in [3.05, 3.63) is 64.9 Å². The molecule has 2 heterocycles. The average Bonchev–Trinajstić information content (AvgIpc) is 3.00. The van der Waals surface area contributed by atoms with E-state index in [0.717, 1.165) is 28.7 Å². The lowest BCUT2D eigenvalue weighted by molar-refractivity contribution is 0.0282. The van der Waals surface area contributed by atoms with Crippen LogP contribution in [0.1, 0.15) is 44.4 Å². The minimum Gasteiger partial charge on any atom is -0.370 e. The van der Waals surface area contributed by atoms with Crippen molar-refractivity contribution in [2.45, 2.75) is 45.9 Å².